The lowest BCUT2D eigenvalue weighted by Crippen LogP contribution is -1.94. The van der Waals surface area contributed by atoms with Crippen molar-refractivity contribution in [1.29, 1.82) is 5.26 Å². The molecule has 0 radical (unpaired) electrons. The number of nitrogens with zero attached hydrogens (tertiary/aromatic N) is 5. The molecule has 0 N–H and O–H groups in total. The van der Waals surface area contributed by atoms with Gasteiger partial charge in [0.25, 0.3) is 5.69 Å². The van der Waals surface area contributed by atoms with Gasteiger partial charge in [-0.3, -0.25) is 15.1 Å². The summed E-state index contributed by atoms with van der Waals surface area (Å²) in [4.78, 5) is 14.8. The van der Waals surface area contributed by atoms with Crippen LogP contribution in [0.3, 0.4) is 0 Å². The van der Waals surface area contributed by atoms with Crippen LogP contribution in [0.2, 0.25) is 0 Å². The number of hydrogen-bond acceptors (Lipinski definition) is 5. The molecule has 0 aliphatic rings. The van der Waals surface area contributed by atoms with Gasteiger partial charge >= 0.3 is 0 Å². The molecular weight excluding hydrogens is 378 g/mol. The number of benzene rings is 2. The Balaban J connectivity index is 1.86. The molecule has 0 bridgehead atoms. The minimum atomic E-state index is -0.442. The summed E-state index contributed by atoms with van der Waals surface area (Å²) >= 11 is 0. The lowest BCUT2D eigenvalue weighted by molar-refractivity contribution is -0.384. The maximum absolute atomic E-state index is 11.0. The molecule has 7 heteroatoms. The van der Waals surface area contributed by atoms with Crippen molar-refractivity contribution in [2.24, 2.45) is 0 Å². The molecule has 0 saturated heterocycles. The minimum Gasteiger partial charge on any atom is -0.258 e. The fourth-order valence-electron chi connectivity index (χ4n) is 3.01. The number of aromatic nitrogens is 3. The smallest absolute Gasteiger partial charge is 0.258 e. The van der Waals surface area contributed by atoms with Crippen LogP contribution in [-0.2, 0) is 0 Å². The molecule has 4 rings (SSSR count). The van der Waals surface area contributed by atoms with Crippen LogP contribution < -0.4 is 0 Å². The van der Waals surface area contributed by atoms with E-state index >= 15 is 0 Å². The summed E-state index contributed by atoms with van der Waals surface area (Å²) in [6, 6.07) is 23.3. The average molecular weight is 393 g/mol. The van der Waals surface area contributed by atoms with Crippen molar-refractivity contribution < 1.29 is 4.92 Å². The molecule has 0 atom stereocenters. The fourth-order valence-corrected chi connectivity index (χ4v) is 3.01. The summed E-state index contributed by atoms with van der Waals surface area (Å²) in [6.07, 6.45) is 5.18. The standard InChI is InChI=1S/C23H15N5O2/c24-15-18(22-8-4-5-13-25-22)14-19-16-27(20-6-2-1-3-7-20)26-23(19)17-9-11-21(12-10-17)28(29)30/h1-14,16H/b18-14+. The number of para-hydroxylation sites is 1. The van der Waals surface area contributed by atoms with Gasteiger partial charge in [0.15, 0.2) is 0 Å². The van der Waals surface area contributed by atoms with Gasteiger partial charge in [-0.05, 0) is 42.5 Å². The van der Waals surface area contributed by atoms with Gasteiger partial charge in [0, 0.05) is 35.7 Å². The maximum atomic E-state index is 11.0. The Morgan fingerprint density at radius 3 is 2.40 bits per heavy atom. The van der Waals surface area contributed by atoms with E-state index in [2.05, 4.69) is 16.2 Å². The molecule has 4 aromatic rings. The van der Waals surface area contributed by atoms with E-state index in [9.17, 15) is 15.4 Å². The molecule has 144 valence electrons. The molecule has 0 saturated carbocycles. The van der Waals surface area contributed by atoms with Crippen LogP contribution in [0.25, 0.3) is 28.6 Å². The Morgan fingerprint density at radius 1 is 1.03 bits per heavy atom. The molecule has 0 spiro atoms. The van der Waals surface area contributed by atoms with Crippen LogP contribution in [0.15, 0.2) is 85.2 Å². The minimum absolute atomic E-state index is 0.00420. The topological polar surface area (TPSA) is 97.6 Å². The highest BCUT2D eigenvalue weighted by Gasteiger charge is 2.14. The Bertz CT molecular complexity index is 1250. The monoisotopic (exact) mass is 393 g/mol. The van der Waals surface area contributed by atoms with Crippen LogP contribution in [0, 0.1) is 21.4 Å². The fraction of sp³-hybridized carbons (Fsp3) is 0. The molecule has 2 aromatic heterocycles. The number of hydrogen-bond donors (Lipinski definition) is 0. The third-order valence-electron chi connectivity index (χ3n) is 4.48. The lowest BCUT2D eigenvalue weighted by atomic mass is 10.0. The summed E-state index contributed by atoms with van der Waals surface area (Å²) < 4.78 is 1.72. The molecule has 0 unspecified atom stereocenters. The first-order valence-corrected chi connectivity index (χ1v) is 9.09. The third-order valence-corrected chi connectivity index (χ3v) is 4.48. The van der Waals surface area contributed by atoms with Crippen molar-refractivity contribution in [3.8, 4) is 23.0 Å². The normalized spacial score (nSPS) is 11.1. The van der Waals surface area contributed by atoms with Gasteiger partial charge < -0.3 is 0 Å². The van der Waals surface area contributed by atoms with Crippen molar-refractivity contribution in [1.82, 2.24) is 14.8 Å². The number of nitro benzene ring substituents is 1. The van der Waals surface area contributed by atoms with E-state index in [0.717, 1.165) is 5.69 Å². The number of nitriles is 1. The first-order valence-electron chi connectivity index (χ1n) is 9.09. The molecule has 0 amide bonds. The number of pyridine rings is 1. The quantitative estimate of drug-likeness (QED) is 0.273. The zero-order valence-electron chi connectivity index (χ0n) is 15.7. The van der Waals surface area contributed by atoms with Gasteiger partial charge in [0.2, 0.25) is 0 Å². The van der Waals surface area contributed by atoms with Gasteiger partial charge in [-0.15, -0.1) is 0 Å². The van der Waals surface area contributed by atoms with Gasteiger partial charge in [-0.25, -0.2) is 4.68 Å². The molecule has 0 aliphatic carbocycles. The van der Waals surface area contributed by atoms with Crippen molar-refractivity contribution in [3.05, 3.63) is 107 Å². The highest BCUT2D eigenvalue weighted by molar-refractivity contribution is 5.91. The second-order valence-corrected chi connectivity index (χ2v) is 6.40. The Labute approximate surface area is 172 Å². The van der Waals surface area contributed by atoms with E-state index in [1.165, 1.54) is 12.1 Å². The molecule has 2 aromatic carbocycles. The van der Waals surface area contributed by atoms with Crippen LogP contribution >= 0.6 is 0 Å². The van der Waals surface area contributed by atoms with Gasteiger partial charge in [-0.1, -0.05) is 24.3 Å². The number of allylic oxidation sites excluding steroid dienone is 1. The summed E-state index contributed by atoms with van der Waals surface area (Å²) in [6.45, 7) is 0. The first kappa shape index (κ1) is 18.8. The SMILES string of the molecule is N#C/C(=C\c1cn(-c2ccccc2)nc1-c1ccc([N+](=O)[O-])cc1)c1ccccn1. The third kappa shape index (κ3) is 3.84. The van der Waals surface area contributed by atoms with E-state index in [0.29, 0.717) is 28.1 Å². The zero-order chi connectivity index (χ0) is 20.9. The summed E-state index contributed by atoms with van der Waals surface area (Å²) in [5.41, 5.74) is 3.84. The lowest BCUT2D eigenvalue weighted by Gasteiger charge is -2.01. The van der Waals surface area contributed by atoms with E-state index in [-0.39, 0.29) is 5.69 Å². The Morgan fingerprint density at radius 2 is 1.77 bits per heavy atom. The molecule has 0 aliphatic heterocycles. The Kier molecular flexibility index (Phi) is 5.14. The molecule has 7 nitrogen and oxygen atoms in total. The van der Waals surface area contributed by atoms with Crippen molar-refractivity contribution >= 4 is 17.3 Å². The number of non-ortho nitro benzene ring substituents is 1. The predicted octanol–water partition coefficient (Wildman–Crippen LogP) is 4.91. The molecule has 0 fully saturated rings. The Hall–Kier alpha value is -4.57. The summed E-state index contributed by atoms with van der Waals surface area (Å²) in [7, 11) is 0. The molecular formula is C23H15N5O2. The van der Waals surface area contributed by atoms with Crippen molar-refractivity contribution in [2.75, 3.05) is 0 Å². The highest BCUT2D eigenvalue weighted by atomic mass is 16.6. The maximum Gasteiger partial charge on any atom is 0.269 e. The van der Waals surface area contributed by atoms with E-state index in [1.807, 2.05) is 42.6 Å². The van der Waals surface area contributed by atoms with Gasteiger partial charge in [0.05, 0.1) is 27.6 Å². The van der Waals surface area contributed by atoms with Crippen molar-refractivity contribution in [3.63, 3.8) is 0 Å². The second-order valence-electron chi connectivity index (χ2n) is 6.40. The van der Waals surface area contributed by atoms with E-state index in [4.69, 9.17) is 0 Å². The van der Waals surface area contributed by atoms with Crippen molar-refractivity contribution in [2.45, 2.75) is 0 Å². The van der Waals surface area contributed by atoms with Gasteiger partial charge in [0.1, 0.15) is 6.07 Å². The highest BCUT2D eigenvalue weighted by Crippen LogP contribution is 2.28. The van der Waals surface area contributed by atoms with Crippen LogP contribution in [0.4, 0.5) is 5.69 Å². The first-order chi connectivity index (χ1) is 14.7. The largest absolute Gasteiger partial charge is 0.269 e. The number of nitro groups is 1. The predicted molar refractivity (Wildman–Crippen MR) is 113 cm³/mol. The van der Waals surface area contributed by atoms with E-state index < -0.39 is 4.92 Å². The molecule has 30 heavy (non-hydrogen) atoms. The zero-order valence-corrected chi connectivity index (χ0v) is 15.7. The van der Waals surface area contributed by atoms with Crippen LogP contribution in [-0.4, -0.2) is 19.7 Å². The average Bonchev–Trinajstić information content (AvgIpc) is 3.22. The van der Waals surface area contributed by atoms with Gasteiger partial charge in [-0.2, -0.15) is 10.4 Å². The summed E-state index contributed by atoms with van der Waals surface area (Å²) in [5.74, 6) is 0. The second kappa shape index (κ2) is 8.20. The van der Waals surface area contributed by atoms with Crippen LogP contribution in [0.1, 0.15) is 11.3 Å². The van der Waals surface area contributed by atoms with Crippen LogP contribution in [0.5, 0.6) is 0 Å². The molecule has 2 heterocycles. The summed E-state index contributed by atoms with van der Waals surface area (Å²) in [5, 5.41) is 25.3. The number of rotatable bonds is 5. The van der Waals surface area contributed by atoms with E-state index in [1.54, 1.807) is 41.2 Å².